The summed E-state index contributed by atoms with van der Waals surface area (Å²) in [6, 6.07) is 10.9. The van der Waals surface area contributed by atoms with Crippen LogP contribution in [0.15, 0.2) is 42.9 Å². The fourth-order valence-electron chi connectivity index (χ4n) is 4.58. The Morgan fingerprint density at radius 3 is 2.48 bits per heavy atom. The fraction of sp³-hybridized carbons (Fsp3) is 0.571. The van der Waals surface area contributed by atoms with Crippen molar-refractivity contribution in [2.45, 2.75) is 32.2 Å². The highest BCUT2D eigenvalue weighted by Gasteiger charge is 2.31. The molecule has 1 N–H and O–H groups in total. The van der Waals surface area contributed by atoms with Gasteiger partial charge in [0.2, 0.25) is 0 Å². The third kappa shape index (κ3) is 4.50. The maximum atomic E-state index is 4.13. The zero-order valence-electron chi connectivity index (χ0n) is 15.1. The number of piperidine rings is 1. The number of hydrogen-bond donors (Lipinski definition) is 1. The highest BCUT2D eigenvalue weighted by Crippen LogP contribution is 2.32. The predicted octanol–water partition coefficient (Wildman–Crippen LogP) is 3.19. The fourth-order valence-corrected chi connectivity index (χ4v) is 4.58. The van der Waals surface area contributed by atoms with Gasteiger partial charge in [-0.1, -0.05) is 30.3 Å². The Kier molecular flexibility index (Phi) is 5.48. The first-order chi connectivity index (χ1) is 12.4. The highest BCUT2D eigenvalue weighted by molar-refractivity contribution is 5.14. The molecule has 0 bridgehead atoms. The molecule has 1 aromatic heterocycles. The first kappa shape index (κ1) is 16.8. The minimum absolute atomic E-state index is 0.921. The summed E-state index contributed by atoms with van der Waals surface area (Å²) in [4.78, 5) is 12.6. The van der Waals surface area contributed by atoms with Crippen LogP contribution in [0, 0.1) is 11.8 Å². The van der Waals surface area contributed by atoms with Gasteiger partial charge in [0.05, 0.1) is 6.33 Å². The van der Waals surface area contributed by atoms with Crippen LogP contribution in [0.1, 0.15) is 30.5 Å². The van der Waals surface area contributed by atoms with Crippen LogP contribution in [0.25, 0.3) is 0 Å². The van der Waals surface area contributed by atoms with E-state index in [1.165, 1.54) is 69.7 Å². The predicted molar refractivity (Wildman–Crippen MR) is 101 cm³/mol. The molecule has 4 heteroatoms. The van der Waals surface area contributed by atoms with E-state index in [0.29, 0.717) is 0 Å². The average Bonchev–Trinajstić information content (AvgIpc) is 3.34. The van der Waals surface area contributed by atoms with Gasteiger partial charge < -0.3 is 9.88 Å². The second-order valence-electron chi connectivity index (χ2n) is 7.78. The summed E-state index contributed by atoms with van der Waals surface area (Å²) in [5, 5.41) is 0. The normalized spacial score (nSPS) is 23.3. The van der Waals surface area contributed by atoms with E-state index in [1.54, 1.807) is 6.33 Å². The molecule has 25 heavy (non-hydrogen) atoms. The maximum Gasteiger partial charge on any atom is 0.0922 e. The molecule has 2 aliphatic heterocycles. The summed E-state index contributed by atoms with van der Waals surface area (Å²) < 4.78 is 0. The van der Waals surface area contributed by atoms with Crippen molar-refractivity contribution in [3.05, 3.63) is 54.1 Å². The second-order valence-corrected chi connectivity index (χ2v) is 7.78. The van der Waals surface area contributed by atoms with Crippen LogP contribution in [-0.2, 0) is 13.0 Å². The Balaban J connectivity index is 1.19. The minimum atomic E-state index is 0.921. The standard InChI is InChI=1S/C21H30N4/c1-2-4-18(5-3-1)6-10-24-13-9-20(15-24)19-7-11-25(12-8-19)16-21-14-22-17-23-21/h1-5,14,17,19-20H,6-13,15-16H2,(H,22,23). The summed E-state index contributed by atoms with van der Waals surface area (Å²) in [6.45, 7) is 7.35. The van der Waals surface area contributed by atoms with Gasteiger partial charge >= 0.3 is 0 Å². The second kappa shape index (κ2) is 8.15. The third-order valence-electron chi connectivity index (χ3n) is 6.12. The van der Waals surface area contributed by atoms with Gasteiger partial charge in [-0.3, -0.25) is 4.90 Å². The van der Waals surface area contributed by atoms with E-state index in [0.717, 1.165) is 18.4 Å². The lowest BCUT2D eigenvalue weighted by atomic mass is 9.84. The number of imidazole rings is 1. The Morgan fingerprint density at radius 1 is 0.960 bits per heavy atom. The number of hydrogen-bond acceptors (Lipinski definition) is 3. The van der Waals surface area contributed by atoms with E-state index in [4.69, 9.17) is 0 Å². The lowest BCUT2D eigenvalue weighted by molar-refractivity contribution is 0.140. The van der Waals surface area contributed by atoms with Gasteiger partial charge in [-0.05, 0) is 62.7 Å². The van der Waals surface area contributed by atoms with Gasteiger partial charge in [0, 0.05) is 31.5 Å². The molecule has 2 aromatic rings. The summed E-state index contributed by atoms with van der Waals surface area (Å²) in [7, 11) is 0. The van der Waals surface area contributed by atoms with Gasteiger partial charge in [-0.15, -0.1) is 0 Å². The molecule has 4 nitrogen and oxygen atoms in total. The summed E-state index contributed by atoms with van der Waals surface area (Å²) in [5.41, 5.74) is 2.71. The quantitative estimate of drug-likeness (QED) is 0.878. The van der Waals surface area contributed by atoms with E-state index < -0.39 is 0 Å². The summed E-state index contributed by atoms with van der Waals surface area (Å²) >= 11 is 0. The Morgan fingerprint density at radius 2 is 1.72 bits per heavy atom. The average molecular weight is 338 g/mol. The first-order valence-corrected chi connectivity index (χ1v) is 9.83. The van der Waals surface area contributed by atoms with Gasteiger partial charge in [0.15, 0.2) is 0 Å². The molecule has 1 aromatic carbocycles. The Labute approximate surface area is 151 Å². The van der Waals surface area contributed by atoms with Crippen molar-refractivity contribution in [2.24, 2.45) is 11.8 Å². The molecule has 2 fully saturated rings. The molecule has 4 rings (SSSR count). The molecule has 0 spiro atoms. The van der Waals surface area contributed by atoms with E-state index in [1.807, 2.05) is 6.20 Å². The monoisotopic (exact) mass is 338 g/mol. The smallest absolute Gasteiger partial charge is 0.0922 e. The van der Waals surface area contributed by atoms with E-state index in [9.17, 15) is 0 Å². The lowest BCUT2D eigenvalue weighted by Crippen LogP contribution is -2.36. The first-order valence-electron chi connectivity index (χ1n) is 9.83. The number of aromatic nitrogens is 2. The Hall–Kier alpha value is -1.65. The molecule has 134 valence electrons. The molecule has 3 heterocycles. The van der Waals surface area contributed by atoms with Crippen LogP contribution in [0.3, 0.4) is 0 Å². The third-order valence-corrected chi connectivity index (χ3v) is 6.12. The van der Waals surface area contributed by atoms with Crippen LogP contribution in [0.2, 0.25) is 0 Å². The molecule has 1 atom stereocenters. The van der Waals surface area contributed by atoms with Crippen LogP contribution >= 0.6 is 0 Å². The lowest BCUT2D eigenvalue weighted by Gasteiger charge is -2.34. The number of nitrogens with zero attached hydrogens (tertiary/aromatic N) is 3. The van der Waals surface area contributed by atoms with Gasteiger partial charge in [0.25, 0.3) is 0 Å². The van der Waals surface area contributed by atoms with Crippen molar-refractivity contribution in [3.63, 3.8) is 0 Å². The molecular formula is C21H30N4. The minimum Gasteiger partial charge on any atom is -0.347 e. The Bertz CT molecular complexity index is 617. The number of benzene rings is 1. The SMILES string of the molecule is c1ccc(CCN2CCC(C3CCN(Cc4cnc[nH]4)CC3)C2)cc1. The molecule has 2 saturated heterocycles. The van der Waals surface area contributed by atoms with Crippen molar-refractivity contribution < 1.29 is 0 Å². The number of H-pyrrole nitrogens is 1. The zero-order chi connectivity index (χ0) is 16.9. The molecule has 0 aliphatic carbocycles. The van der Waals surface area contributed by atoms with Gasteiger partial charge in [0.1, 0.15) is 0 Å². The summed E-state index contributed by atoms with van der Waals surface area (Å²) in [6.07, 6.45) is 9.06. The molecule has 2 aliphatic rings. The molecule has 0 amide bonds. The van der Waals surface area contributed by atoms with Crippen molar-refractivity contribution in [2.75, 3.05) is 32.7 Å². The number of nitrogens with one attached hydrogen (secondary N) is 1. The van der Waals surface area contributed by atoms with Crippen molar-refractivity contribution in [1.29, 1.82) is 0 Å². The van der Waals surface area contributed by atoms with E-state index >= 15 is 0 Å². The van der Waals surface area contributed by atoms with Crippen molar-refractivity contribution in [1.82, 2.24) is 19.8 Å². The summed E-state index contributed by atoms with van der Waals surface area (Å²) in [5.74, 6) is 1.85. The zero-order valence-corrected chi connectivity index (χ0v) is 15.1. The van der Waals surface area contributed by atoms with Crippen molar-refractivity contribution >= 4 is 0 Å². The van der Waals surface area contributed by atoms with Crippen LogP contribution in [-0.4, -0.2) is 52.5 Å². The maximum absolute atomic E-state index is 4.13. The molecule has 1 unspecified atom stereocenters. The van der Waals surface area contributed by atoms with E-state index in [-0.39, 0.29) is 0 Å². The van der Waals surface area contributed by atoms with Gasteiger partial charge in [-0.25, -0.2) is 4.98 Å². The number of aromatic amines is 1. The van der Waals surface area contributed by atoms with Crippen molar-refractivity contribution in [3.8, 4) is 0 Å². The number of likely N-dealkylation sites (tertiary alicyclic amines) is 2. The van der Waals surface area contributed by atoms with Crippen LogP contribution in [0.5, 0.6) is 0 Å². The van der Waals surface area contributed by atoms with Gasteiger partial charge in [-0.2, -0.15) is 0 Å². The molecule has 0 saturated carbocycles. The topological polar surface area (TPSA) is 35.2 Å². The number of rotatable bonds is 6. The van der Waals surface area contributed by atoms with E-state index in [2.05, 4.69) is 50.1 Å². The highest BCUT2D eigenvalue weighted by atomic mass is 15.2. The van der Waals surface area contributed by atoms with Crippen LogP contribution in [0.4, 0.5) is 0 Å². The molecular weight excluding hydrogens is 308 g/mol. The van der Waals surface area contributed by atoms with Crippen LogP contribution < -0.4 is 0 Å². The largest absolute Gasteiger partial charge is 0.347 e. The molecule has 0 radical (unpaired) electrons.